The van der Waals surface area contributed by atoms with Gasteiger partial charge >= 0.3 is 0 Å². The van der Waals surface area contributed by atoms with Crippen LogP contribution < -0.4 is 5.73 Å². The van der Waals surface area contributed by atoms with Crippen LogP contribution in [0.25, 0.3) is 0 Å². The van der Waals surface area contributed by atoms with E-state index in [0.29, 0.717) is 6.42 Å². The summed E-state index contributed by atoms with van der Waals surface area (Å²) in [5, 5.41) is 8.98. The summed E-state index contributed by atoms with van der Waals surface area (Å²) in [6.07, 6.45) is 4.01. The Balaban J connectivity index is 2.20. The van der Waals surface area contributed by atoms with Crippen LogP contribution in [0.4, 0.5) is 0 Å². The van der Waals surface area contributed by atoms with Crippen molar-refractivity contribution >= 4 is 0 Å². The zero-order chi connectivity index (χ0) is 8.60. The van der Waals surface area contributed by atoms with Crippen LogP contribution in [0.1, 0.15) is 6.42 Å². The predicted molar refractivity (Wildman–Crippen MR) is 41.8 cm³/mol. The van der Waals surface area contributed by atoms with E-state index in [4.69, 9.17) is 20.3 Å². The molecule has 0 saturated heterocycles. The van der Waals surface area contributed by atoms with Crippen molar-refractivity contribution < 1.29 is 14.6 Å². The highest BCUT2D eigenvalue weighted by molar-refractivity contribution is 5.29. The lowest BCUT2D eigenvalue weighted by Crippen LogP contribution is -2.43. The van der Waals surface area contributed by atoms with E-state index in [-0.39, 0.29) is 13.4 Å². The molecule has 3 N–H and O–H groups in total. The maximum absolute atomic E-state index is 8.98. The maximum atomic E-state index is 8.98. The minimum absolute atomic E-state index is 0.0797. The Bertz CT molecular complexity index is 259. The third-order valence-corrected chi connectivity index (χ3v) is 2.07. The highest BCUT2D eigenvalue weighted by Crippen LogP contribution is 2.30. The number of aliphatic hydroxyl groups is 1. The van der Waals surface area contributed by atoms with Gasteiger partial charge in [-0.1, -0.05) is 6.08 Å². The van der Waals surface area contributed by atoms with E-state index in [0.717, 1.165) is 11.5 Å². The van der Waals surface area contributed by atoms with Gasteiger partial charge in [0.15, 0.2) is 5.76 Å². The first-order valence-electron chi connectivity index (χ1n) is 3.81. The van der Waals surface area contributed by atoms with Gasteiger partial charge in [-0.3, -0.25) is 0 Å². The summed E-state index contributed by atoms with van der Waals surface area (Å²) in [5.74, 6) is 1.48. The second-order valence-electron chi connectivity index (χ2n) is 3.10. The molecule has 4 nitrogen and oxygen atoms in total. The molecule has 0 amide bonds. The molecule has 0 fully saturated rings. The third-order valence-electron chi connectivity index (χ3n) is 2.07. The number of hydrogen-bond donors (Lipinski definition) is 2. The zero-order valence-electron chi connectivity index (χ0n) is 6.62. The van der Waals surface area contributed by atoms with Crippen molar-refractivity contribution in [1.82, 2.24) is 0 Å². The summed E-state index contributed by atoms with van der Waals surface area (Å²) < 4.78 is 10.3. The van der Waals surface area contributed by atoms with Crippen molar-refractivity contribution in [2.45, 2.75) is 12.0 Å². The molecule has 1 heterocycles. The van der Waals surface area contributed by atoms with E-state index in [1.807, 2.05) is 0 Å². The van der Waals surface area contributed by atoms with Crippen LogP contribution in [0.15, 0.2) is 23.7 Å². The van der Waals surface area contributed by atoms with Crippen molar-refractivity contribution in [3.05, 3.63) is 23.7 Å². The van der Waals surface area contributed by atoms with E-state index >= 15 is 0 Å². The van der Waals surface area contributed by atoms with Crippen LogP contribution in [0.5, 0.6) is 0 Å². The summed E-state index contributed by atoms with van der Waals surface area (Å²) in [7, 11) is 0. The average molecular weight is 169 g/mol. The molecule has 0 spiro atoms. The molecule has 2 aliphatic rings. The van der Waals surface area contributed by atoms with E-state index in [2.05, 4.69) is 0 Å². The molecule has 0 bridgehead atoms. The Kier molecular flexibility index (Phi) is 1.59. The lowest BCUT2D eigenvalue weighted by atomic mass is 9.92. The number of allylic oxidation sites excluding steroid dienone is 1. The Labute approximate surface area is 70.3 Å². The summed E-state index contributed by atoms with van der Waals surface area (Å²) in [4.78, 5) is 0. The van der Waals surface area contributed by atoms with Crippen LogP contribution in [0.3, 0.4) is 0 Å². The van der Waals surface area contributed by atoms with Gasteiger partial charge in [-0.15, -0.1) is 0 Å². The number of aliphatic hydroxyl groups excluding tert-OH is 1. The van der Waals surface area contributed by atoms with Crippen molar-refractivity contribution in [3.63, 3.8) is 0 Å². The van der Waals surface area contributed by atoms with Crippen LogP contribution in [-0.4, -0.2) is 24.0 Å². The summed E-state index contributed by atoms with van der Waals surface area (Å²) >= 11 is 0. The molecular formula is C8H11NO3. The molecule has 1 atom stereocenters. The van der Waals surface area contributed by atoms with Gasteiger partial charge in [0.25, 0.3) is 0 Å². The van der Waals surface area contributed by atoms with E-state index in [1.165, 1.54) is 0 Å². The minimum Gasteiger partial charge on any atom is -0.458 e. The lowest BCUT2D eigenvalue weighted by molar-refractivity contribution is 0.0698. The van der Waals surface area contributed by atoms with Gasteiger partial charge in [0, 0.05) is 6.42 Å². The molecule has 0 aromatic rings. The number of hydrogen-bond acceptors (Lipinski definition) is 4. The lowest BCUT2D eigenvalue weighted by Gasteiger charge is -2.25. The maximum Gasteiger partial charge on any atom is 0.230 e. The summed E-state index contributed by atoms with van der Waals surface area (Å²) in [6, 6.07) is 0. The van der Waals surface area contributed by atoms with Crippen molar-refractivity contribution in [2.75, 3.05) is 13.4 Å². The summed E-state index contributed by atoms with van der Waals surface area (Å²) in [5.41, 5.74) is 5.13. The van der Waals surface area contributed by atoms with Gasteiger partial charge in [0.05, 0.1) is 12.1 Å². The predicted octanol–water partition coefficient (Wildman–Crippen LogP) is -0.148. The Morgan fingerprint density at radius 1 is 1.58 bits per heavy atom. The monoisotopic (exact) mass is 169 g/mol. The van der Waals surface area contributed by atoms with E-state index < -0.39 is 5.54 Å². The van der Waals surface area contributed by atoms with Gasteiger partial charge in [0.1, 0.15) is 5.76 Å². The molecule has 0 aromatic carbocycles. The van der Waals surface area contributed by atoms with Crippen molar-refractivity contribution in [3.8, 4) is 0 Å². The molecule has 0 saturated carbocycles. The van der Waals surface area contributed by atoms with E-state index in [9.17, 15) is 0 Å². The molecule has 12 heavy (non-hydrogen) atoms. The Morgan fingerprint density at radius 2 is 2.42 bits per heavy atom. The Hall–Kier alpha value is -1.00. The zero-order valence-corrected chi connectivity index (χ0v) is 6.62. The first-order valence-corrected chi connectivity index (χ1v) is 3.81. The average Bonchev–Trinajstić information content (AvgIpc) is 2.51. The number of nitrogens with two attached hydrogens (primary N) is 1. The topological polar surface area (TPSA) is 64.7 Å². The summed E-state index contributed by atoms with van der Waals surface area (Å²) in [6.45, 7) is 0.181. The Morgan fingerprint density at radius 3 is 3.17 bits per heavy atom. The molecule has 4 heteroatoms. The van der Waals surface area contributed by atoms with Gasteiger partial charge in [-0.25, -0.2) is 0 Å². The largest absolute Gasteiger partial charge is 0.458 e. The first kappa shape index (κ1) is 7.64. The van der Waals surface area contributed by atoms with Crippen LogP contribution in [0.2, 0.25) is 0 Å². The molecule has 1 unspecified atom stereocenters. The normalized spacial score (nSPS) is 32.8. The van der Waals surface area contributed by atoms with Gasteiger partial charge in [0.2, 0.25) is 6.79 Å². The molecule has 1 aliphatic carbocycles. The van der Waals surface area contributed by atoms with Crippen LogP contribution in [0, 0.1) is 0 Å². The fourth-order valence-corrected chi connectivity index (χ4v) is 1.30. The highest BCUT2D eigenvalue weighted by Gasteiger charge is 2.31. The molecule has 0 aromatic heterocycles. The number of rotatable bonds is 1. The molecule has 66 valence electrons. The molecular weight excluding hydrogens is 158 g/mol. The second kappa shape index (κ2) is 2.50. The minimum atomic E-state index is -0.674. The van der Waals surface area contributed by atoms with Crippen LogP contribution in [-0.2, 0) is 9.47 Å². The first-order chi connectivity index (χ1) is 5.73. The van der Waals surface area contributed by atoms with E-state index in [1.54, 1.807) is 12.2 Å². The standard InChI is InChI=1S/C8H11NO3/c9-8(4-10)2-1-6-7(3-8)12-5-11-6/h1-2,10H,3-5,9H2. The fraction of sp³-hybridized carbons (Fsp3) is 0.500. The molecule has 1 aliphatic heterocycles. The van der Waals surface area contributed by atoms with Gasteiger partial charge in [-0.2, -0.15) is 0 Å². The van der Waals surface area contributed by atoms with Crippen molar-refractivity contribution in [2.24, 2.45) is 5.73 Å². The third kappa shape index (κ3) is 1.09. The molecule has 2 rings (SSSR count). The molecule has 0 radical (unpaired) electrons. The SMILES string of the molecule is NC1(CO)C=CC2=C(C1)OCO2. The smallest absolute Gasteiger partial charge is 0.230 e. The number of ether oxygens (including phenoxy) is 2. The quantitative estimate of drug-likeness (QED) is 0.573. The van der Waals surface area contributed by atoms with Gasteiger partial charge in [-0.05, 0) is 6.08 Å². The van der Waals surface area contributed by atoms with Gasteiger partial charge < -0.3 is 20.3 Å². The van der Waals surface area contributed by atoms with Crippen LogP contribution >= 0.6 is 0 Å². The second-order valence-corrected chi connectivity index (χ2v) is 3.10. The highest BCUT2D eigenvalue weighted by atomic mass is 16.7. The van der Waals surface area contributed by atoms with Crippen molar-refractivity contribution in [1.29, 1.82) is 0 Å². The fourth-order valence-electron chi connectivity index (χ4n) is 1.30.